The fourth-order valence-electron chi connectivity index (χ4n) is 3.01. The summed E-state index contributed by atoms with van der Waals surface area (Å²) in [5.74, 6) is -1.15. The van der Waals surface area contributed by atoms with Crippen molar-refractivity contribution in [2.45, 2.75) is 25.7 Å². The van der Waals surface area contributed by atoms with E-state index in [9.17, 15) is 14.7 Å². The Hall–Kier alpha value is -3.21. The maximum absolute atomic E-state index is 12.7. The Morgan fingerprint density at radius 1 is 1.32 bits per heavy atom. The molecule has 1 saturated heterocycles. The average Bonchev–Trinajstić information content (AvgIpc) is 2.71. The number of aliphatic hydroxyl groups excluding tert-OH is 1. The molecule has 2 aromatic carbocycles. The fourth-order valence-corrected chi connectivity index (χ4v) is 3.01. The second-order valence-electron chi connectivity index (χ2n) is 6.60. The van der Waals surface area contributed by atoms with Gasteiger partial charge in [0, 0.05) is 18.8 Å². The second-order valence-corrected chi connectivity index (χ2v) is 6.60. The van der Waals surface area contributed by atoms with E-state index in [1.165, 1.54) is 0 Å². The van der Waals surface area contributed by atoms with Crippen LogP contribution in [-0.2, 0) is 20.9 Å². The molecule has 2 aromatic rings. The number of nitrogens with one attached hydrogen (secondary N) is 1. The summed E-state index contributed by atoms with van der Waals surface area (Å²) in [6.07, 6.45) is -2.89. The Bertz CT molecular complexity index is 905. The second kappa shape index (κ2) is 8.65. The number of amides is 2. The standard InChI is InChI=1S/C21H21N3O4/c1-14-4-2-3-5-16(14)13-24-10-11-28-19(21(24)27)18(25)20(26)23-17-8-6-15(12-22)7-9-17/h2-9,18-19,25H,10-11,13H2,1H3,(H,23,26)/t18-,19-/m1/s1. The lowest BCUT2D eigenvalue weighted by molar-refractivity contribution is -0.166. The van der Waals surface area contributed by atoms with Crippen LogP contribution >= 0.6 is 0 Å². The highest BCUT2D eigenvalue weighted by molar-refractivity contribution is 5.98. The van der Waals surface area contributed by atoms with Gasteiger partial charge in [0.15, 0.2) is 12.2 Å². The van der Waals surface area contributed by atoms with E-state index in [0.717, 1.165) is 11.1 Å². The summed E-state index contributed by atoms with van der Waals surface area (Å²) in [6.45, 7) is 3.00. The molecule has 2 amide bonds. The first-order chi connectivity index (χ1) is 13.5. The average molecular weight is 379 g/mol. The van der Waals surface area contributed by atoms with E-state index >= 15 is 0 Å². The first-order valence-corrected chi connectivity index (χ1v) is 8.93. The van der Waals surface area contributed by atoms with Gasteiger partial charge in [-0.05, 0) is 42.3 Å². The van der Waals surface area contributed by atoms with Crippen LogP contribution in [0.4, 0.5) is 5.69 Å². The molecule has 2 N–H and O–H groups in total. The molecule has 0 aromatic heterocycles. The number of nitriles is 1. The largest absolute Gasteiger partial charge is 0.380 e. The van der Waals surface area contributed by atoms with Crippen LogP contribution in [0.1, 0.15) is 16.7 Å². The van der Waals surface area contributed by atoms with Gasteiger partial charge in [0.1, 0.15) is 0 Å². The van der Waals surface area contributed by atoms with Crippen LogP contribution in [0.25, 0.3) is 0 Å². The maximum Gasteiger partial charge on any atom is 0.256 e. The van der Waals surface area contributed by atoms with Crippen molar-refractivity contribution in [3.63, 3.8) is 0 Å². The van der Waals surface area contributed by atoms with Gasteiger partial charge >= 0.3 is 0 Å². The van der Waals surface area contributed by atoms with Gasteiger partial charge in [0.05, 0.1) is 18.2 Å². The molecule has 28 heavy (non-hydrogen) atoms. The maximum atomic E-state index is 12.7. The Morgan fingerprint density at radius 2 is 2.04 bits per heavy atom. The molecule has 0 saturated carbocycles. The highest BCUT2D eigenvalue weighted by Gasteiger charge is 2.38. The minimum absolute atomic E-state index is 0.240. The van der Waals surface area contributed by atoms with Crippen LogP contribution < -0.4 is 5.32 Å². The molecule has 7 heteroatoms. The Balaban J connectivity index is 1.66. The van der Waals surface area contributed by atoms with Gasteiger partial charge in [-0.2, -0.15) is 5.26 Å². The SMILES string of the molecule is Cc1ccccc1CN1CCO[C@H]([C@@H](O)C(=O)Nc2ccc(C#N)cc2)C1=O. The number of hydrogen-bond donors (Lipinski definition) is 2. The third-order valence-electron chi connectivity index (χ3n) is 4.67. The summed E-state index contributed by atoms with van der Waals surface area (Å²) in [7, 11) is 0. The van der Waals surface area contributed by atoms with E-state index in [1.54, 1.807) is 29.2 Å². The van der Waals surface area contributed by atoms with Gasteiger partial charge < -0.3 is 20.1 Å². The van der Waals surface area contributed by atoms with Crippen molar-refractivity contribution >= 4 is 17.5 Å². The molecule has 0 radical (unpaired) electrons. The molecule has 2 atom stereocenters. The number of morpholine rings is 1. The Kier molecular flexibility index (Phi) is 6.04. The zero-order chi connectivity index (χ0) is 20.1. The molecule has 0 unspecified atom stereocenters. The predicted octanol–water partition coefficient (Wildman–Crippen LogP) is 1.59. The quantitative estimate of drug-likeness (QED) is 0.821. The van der Waals surface area contributed by atoms with E-state index in [0.29, 0.717) is 24.3 Å². The number of carbonyl (C=O) groups is 2. The molecule has 3 rings (SSSR count). The lowest BCUT2D eigenvalue weighted by atomic mass is 10.1. The summed E-state index contributed by atoms with van der Waals surface area (Å²) >= 11 is 0. The first kappa shape index (κ1) is 19.5. The highest BCUT2D eigenvalue weighted by Crippen LogP contribution is 2.18. The van der Waals surface area contributed by atoms with Crippen molar-refractivity contribution in [1.29, 1.82) is 5.26 Å². The van der Waals surface area contributed by atoms with Gasteiger partial charge in [-0.15, -0.1) is 0 Å². The molecular weight excluding hydrogens is 358 g/mol. The van der Waals surface area contributed by atoms with Crippen molar-refractivity contribution < 1.29 is 19.4 Å². The lowest BCUT2D eigenvalue weighted by Gasteiger charge is -2.34. The summed E-state index contributed by atoms with van der Waals surface area (Å²) in [5, 5.41) is 21.7. The number of rotatable bonds is 5. The third kappa shape index (κ3) is 4.36. The minimum Gasteiger partial charge on any atom is -0.380 e. The summed E-state index contributed by atoms with van der Waals surface area (Å²) in [5.41, 5.74) is 2.95. The van der Waals surface area contributed by atoms with Gasteiger partial charge in [-0.3, -0.25) is 9.59 Å². The van der Waals surface area contributed by atoms with Crippen molar-refractivity contribution in [1.82, 2.24) is 4.90 Å². The lowest BCUT2D eigenvalue weighted by Crippen LogP contribution is -2.55. The van der Waals surface area contributed by atoms with E-state index < -0.39 is 24.0 Å². The highest BCUT2D eigenvalue weighted by atomic mass is 16.5. The number of nitrogens with zero attached hydrogens (tertiary/aromatic N) is 2. The number of carbonyl (C=O) groups excluding carboxylic acids is 2. The van der Waals surface area contributed by atoms with Crippen LogP contribution in [-0.4, -0.2) is 47.2 Å². The van der Waals surface area contributed by atoms with Crippen molar-refractivity contribution in [3.8, 4) is 6.07 Å². The summed E-state index contributed by atoms with van der Waals surface area (Å²) in [4.78, 5) is 26.7. The van der Waals surface area contributed by atoms with E-state index in [4.69, 9.17) is 10.00 Å². The molecule has 7 nitrogen and oxygen atoms in total. The third-order valence-corrected chi connectivity index (χ3v) is 4.67. The number of aryl methyl sites for hydroxylation is 1. The van der Waals surface area contributed by atoms with Crippen molar-refractivity contribution in [3.05, 3.63) is 65.2 Å². The van der Waals surface area contributed by atoms with Gasteiger partial charge in [-0.1, -0.05) is 24.3 Å². The summed E-state index contributed by atoms with van der Waals surface area (Å²) < 4.78 is 5.40. The van der Waals surface area contributed by atoms with E-state index in [-0.39, 0.29) is 6.61 Å². The van der Waals surface area contributed by atoms with Gasteiger partial charge in [-0.25, -0.2) is 0 Å². The molecule has 0 bridgehead atoms. The molecule has 0 aliphatic carbocycles. The molecule has 1 fully saturated rings. The molecule has 144 valence electrons. The zero-order valence-electron chi connectivity index (χ0n) is 15.5. The fraction of sp³-hybridized carbons (Fsp3) is 0.286. The predicted molar refractivity (Wildman–Crippen MR) is 102 cm³/mol. The summed E-state index contributed by atoms with van der Waals surface area (Å²) in [6, 6.07) is 15.9. The Labute approximate surface area is 163 Å². The number of aliphatic hydroxyl groups is 1. The zero-order valence-corrected chi connectivity index (χ0v) is 15.5. The van der Waals surface area contributed by atoms with Crippen molar-refractivity contribution in [2.24, 2.45) is 0 Å². The van der Waals surface area contributed by atoms with Gasteiger partial charge in [0.25, 0.3) is 11.8 Å². The monoisotopic (exact) mass is 379 g/mol. The van der Waals surface area contributed by atoms with Crippen LogP contribution in [0.2, 0.25) is 0 Å². The number of hydrogen-bond acceptors (Lipinski definition) is 5. The molecule has 1 aliphatic rings. The smallest absolute Gasteiger partial charge is 0.256 e. The molecule has 1 aliphatic heterocycles. The number of benzene rings is 2. The minimum atomic E-state index is -1.64. The van der Waals surface area contributed by atoms with Crippen LogP contribution in [0.5, 0.6) is 0 Å². The van der Waals surface area contributed by atoms with Crippen LogP contribution in [0.15, 0.2) is 48.5 Å². The molecule has 0 spiro atoms. The van der Waals surface area contributed by atoms with E-state index in [1.807, 2.05) is 37.3 Å². The van der Waals surface area contributed by atoms with Crippen molar-refractivity contribution in [2.75, 3.05) is 18.5 Å². The van der Waals surface area contributed by atoms with Crippen LogP contribution in [0, 0.1) is 18.3 Å². The number of ether oxygens (including phenoxy) is 1. The Morgan fingerprint density at radius 3 is 2.71 bits per heavy atom. The molecule has 1 heterocycles. The van der Waals surface area contributed by atoms with E-state index in [2.05, 4.69) is 5.32 Å². The molecular formula is C21H21N3O4. The topological polar surface area (TPSA) is 103 Å². The van der Waals surface area contributed by atoms with Gasteiger partial charge in [0.2, 0.25) is 0 Å². The van der Waals surface area contributed by atoms with Crippen LogP contribution in [0.3, 0.4) is 0 Å². The first-order valence-electron chi connectivity index (χ1n) is 8.93. The number of anilines is 1. The normalized spacial score (nSPS) is 17.7.